The highest BCUT2D eigenvalue weighted by atomic mass is 32.2. The summed E-state index contributed by atoms with van der Waals surface area (Å²) in [7, 11) is 0. The molecule has 0 bridgehead atoms. The minimum absolute atomic E-state index is 1.14. The highest BCUT2D eigenvalue weighted by molar-refractivity contribution is 8.01. The van der Waals surface area contributed by atoms with Crippen molar-refractivity contribution in [1.29, 1.82) is 0 Å². The third-order valence-corrected chi connectivity index (χ3v) is 5.19. The lowest BCUT2D eigenvalue weighted by Gasteiger charge is -2.27. The standard InChI is InChI=1S/C14H22N2S2/c1-17-13-5-3-4-12(14(13)18-2)6-9-16-10-7-15-8-11-16/h3-5,15H,6-11H2,1-2H3. The number of benzene rings is 1. The van der Waals surface area contributed by atoms with E-state index in [2.05, 4.69) is 40.9 Å². The summed E-state index contributed by atoms with van der Waals surface area (Å²) in [5.41, 5.74) is 1.51. The van der Waals surface area contributed by atoms with Gasteiger partial charge in [-0.25, -0.2) is 0 Å². The van der Waals surface area contributed by atoms with E-state index in [1.807, 2.05) is 23.5 Å². The van der Waals surface area contributed by atoms with Gasteiger partial charge in [0, 0.05) is 42.5 Å². The molecule has 1 aromatic rings. The molecular weight excluding hydrogens is 260 g/mol. The highest BCUT2D eigenvalue weighted by Crippen LogP contribution is 2.31. The van der Waals surface area contributed by atoms with E-state index >= 15 is 0 Å². The molecule has 1 aliphatic heterocycles. The molecule has 1 saturated heterocycles. The molecule has 2 rings (SSSR count). The zero-order valence-corrected chi connectivity index (χ0v) is 12.9. The van der Waals surface area contributed by atoms with Crippen molar-refractivity contribution in [3.8, 4) is 0 Å². The van der Waals surface area contributed by atoms with Crippen LogP contribution in [0, 0.1) is 0 Å². The first kappa shape index (κ1) is 14.3. The molecule has 4 heteroatoms. The average molecular weight is 282 g/mol. The molecular formula is C14H22N2S2. The maximum atomic E-state index is 3.40. The lowest BCUT2D eigenvalue weighted by molar-refractivity contribution is 0.243. The van der Waals surface area contributed by atoms with E-state index in [0.29, 0.717) is 0 Å². The summed E-state index contributed by atoms with van der Waals surface area (Å²) >= 11 is 3.73. The Morgan fingerprint density at radius 2 is 1.94 bits per heavy atom. The third kappa shape index (κ3) is 3.67. The van der Waals surface area contributed by atoms with Crippen LogP contribution in [-0.2, 0) is 6.42 Å². The zero-order valence-electron chi connectivity index (χ0n) is 11.2. The van der Waals surface area contributed by atoms with Crippen LogP contribution in [0.3, 0.4) is 0 Å². The van der Waals surface area contributed by atoms with Gasteiger partial charge in [0.25, 0.3) is 0 Å². The third-order valence-electron chi connectivity index (χ3n) is 3.39. The second kappa shape index (κ2) is 7.43. The fourth-order valence-electron chi connectivity index (χ4n) is 2.36. The van der Waals surface area contributed by atoms with Crippen molar-refractivity contribution in [1.82, 2.24) is 10.2 Å². The summed E-state index contributed by atoms with van der Waals surface area (Å²) < 4.78 is 0. The number of piperazine rings is 1. The van der Waals surface area contributed by atoms with E-state index in [4.69, 9.17) is 0 Å². The molecule has 2 nitrogen and oxygen atoms in total. The van der Waals surface area contributed by atoms with E-state index in [1.165, 1.54) is 41.4 Å². The second-order valence-electron chi connectivity index (χ2n) is 4.49. The average Bonchev–Trinajstić information content (AvgIpc) is 2.45. The van der Waals surface area contributed by atoms with Crippen LogP contribution in [0.25, 0.3) is 0 Å². The number of hydrogen-bond acceptors (Lipinski definition) is 4. The monoisotopic (exact) mass is 282 g/mol. The van der Waals surface area contributed by atoms with E-state index < -0.39 is 0 Å². The number of rotatable bonds is 5. The van der Waals surface area contributed by atoms with Gasteiger partial charge in [0.2, 0.25) is 0 Å². The highest BCUT2D eigenvalue weighted by Gasteiger charge is 2.11. The lowest BCUT2D eigenvalue weighted by atomic mass is 10.1. The molecule has 0 amide bonds. The van der Waals surface area contributed by atoms with Crippen molar-refractivity contribution in [2.75, 3.05) is 45.2 Å². The van der Waals surface area contributed by atoms with Crippen LogP contribution in [0.4, 0.5) is 0 Å². The Bertz CT molecular complexity index is 376. The predicted octanol–water partition coefficient (Wildman–Crippen LogP) is 2.58. The van der Waals surface area contributed by atoms with Gasteiger partial charge in [-0.15, -0.1) is 23.5 Å². The normalized spacial score (nSPS) is 17.0. The molecule has 1 aliphatic rings. The first-order valence-electron chi connectivity index (χ1n) is 6.48. The molecule has 100 valence electrons. The number of nitrogens with one attached hydrogen (secondary N) is 1. The second-order valence-corrected chi connectivity index (χ2v) is 6.16. The van der Waals surface area contributed by atoms with Gasteiger partial charge in [-0.05, 0) is 30.6 Å². The first-order chi connectivity index (χ1) is 8.85. The molecule has 1 aromatic carbocycles. The van der Waals surface area contributed by atoms with E-state index in [9.17, 15) is 0 Å². The van der Waals surface area contributed by atoms with E-state index in [0.717, 1.165) is 13.1 Å². The SMILES string of the molecule is CSc1cccc(CCN2CCNCC2)c1SC. The van der Waals surface area contributed by atoms with Crippen molar-refractivity contribution >= 4 is 23.5 Å². The number of nitrogens with zero attached hydrogens (tertiary/aromatic N) is 1. The molecule has 1 N–H and O–H groups in total. The lowest BCUT2D eigenvalue weighted by Crippen LogP contribution is -2.44. The minimum Gasteiger partial charge on any atom is -0.314 e. The Labute approximate surface area is 119 Å². The van der Waals surface area contributed by atoms with Crippen molar-refractivity contribution < 1.29 is 0 Å². The fourth-order valence-corrected chi connectivity index (χ4v) is 4.10. The molecule has 0 radical (unpaired) electrons. The maximum Gasteiger partial charge on any atom is 0.0238 e. The summed E-state index contributed by atoms with van der Waals surface area (Å²) in [6, 6.07) is 6.71. The molecule has 1 heterocycles. The molecule has 0 unspecified atom stereocenters. The number of hydrogen-bond donors (Lipinski definition) is 1. The van der Waals surface area contributed by atoms with Crippen LogP contribution >= 0.6 is 23.5 Å². The number of thioether (sulfide) groups is 2. The fraction of sp³-hybridized carbons (Fsp3) is 0.571. The Hall–Kier alpha value is -0.160. The van der Waals surface area contributed by atoms with Gasteiger partial charge in [0.15, 0.2) is 0 Å². The Morgan fingerprint density at radius 1 is 1.17 bits per heavy atom. The van der Waals surface area contributed by atoms with Crippen LogP contribution in [0.1, 0.15) is 5.56 Å². The van der Waals surface area contributed by atoms with Gasteiger partial charge in [-0.3, -0.25) is 0 Å². The van der Waals surface area contributed by atoms with Gasteiger partial charge < -0.3 is 10.2 Å². The zero-order chi connectivity index (χ0) is 12.8. The maximum absolute atomic E-state index is 3.40. The quantitative estimate of drug-likeness (QED) is 0.835. The minimum atomic E-state index is 1.14. The summed E-state index contributed by atoms with van der Waals surface area (Å²) in [5.74, 6) is 0. The van der Waals surface area contributed by atoms with Crippen molar-refractivity contribution in [3.63, 3.8) is 0 Å². The van der Waals surface area contributed by atoms with Crippen molar-refractivity contribution in [2.45, 2.75) is 16.2 Å². The summed E-state index contributed by atoms with van der Waals surface area (Å²) in [6.07, 6.45) is 5.52. The Balaban J connectivity index is 1.99. The van der Waals surface area contributed by atoms with Crippen molar-refractivity contribution in [3.05, 3.63) is 23.8 Å². The molecule has 0 atom stereocenters. The van der Waals surface area contributed by atoms with Crippen molar-refractivity contribution in [2.24, 2.45) is 0 Å². The predicted molar refractivity (Wildman–Crippen MR) is 83.0 cm³/mol. The van der Waals surface area contributed by atoms with Crippen LogP contribution in [-0.4, -0.2) is 50.1 Å². The van der Waals surface area contributed by atoms with Crippen LogP contribution in [0.2, 0.25) is 0 Å². The molecule has 1 fully saturated rings. The largest absolute Gasteiger partial charge is 0.314 e. The van der Waals surface area contributed by atoms with Gasteiger partial charge in [-0.1, -0.05) is 12.1 Å². The summed E-state index contributed by atoms with van der Waals surface area (Å²) in [5, 5.41) is 3.40. The van der Waals surface area contributed by atoms with E-state index in [1.54, 1.807) is 0 Å². The summed E-state index contributed by atoms with van der Waals surface area (Å²) in [4.78, 5) is 5.45. The molecule has 0 saturated carbocycles. The Morgan fingerprint density at radius 3 is 2.61 bits per heavy atom. The van der Waals surface area contributed by atoms with Gasteiger partial charge in [0.1, 0.15) is 0 Å². The molecule has 0 spiro atoms. The van der Waals surface area contributed by atoms with Crippen LogP contribution < -0.4 is 5.32 Å². The van der Waals surface area contributed by atoms with Crippen LogP contribution in [0.15, 0.2) is 28.0 Å². The summed E-state index contributed by atoms with van der Waals surface area (Å²) in [6.45, 7) is 5.85. The smallest absolute Gasteiger partial charge is 0.0238 e. The molecule has 0 aliphatic carbocycles. The van der Waals surface area contributed by atoms with Crippen LogP contribution in [0.5, 0.6) is 0 Å². The van der Waals surface area contributed by atoms with E-state index in [-0.39, 0.29) is 0 Å². The Kier molecular flexibility index (Phi) is 5.89. The topological polar surface area (TPSA) is 15.3 Å². The first-order valence-corrected chi connectivity index (χ1v) is 8.93. The van der Waals surface area contributed by atoms with Gasteiger partial charge in [0.05, 0.1) is 0 Å². The molecule has 18 heavy (non-hydrogen) atoms. The van der Waals surface area contributed by atoms with Gasteiger partial charge in [-0.2, -0.15) is 0 Å². The van der Waals surface area contributed by atoms with Gasteiger partial charge >= 0.3 is 0 Å². The molecule has 0 aromatic heterocycles.